The van der Waals surface area contributed by atoms with Crippen LogP contribution in [0, 0.1) is 5.92 Å². The second-order valence-electron chi connectivity index (χ2n) is 14.2. The normalized spacial score (nSPS) is 43.7. The fraction of sp³-hybridized carbons (Fsp3) is 0.500. The molecular formula is C32H32N6O7S4. The quantitative estimate of drug-likeness (QED) is 0.330. The number of hydrogen-bond donors (Lipinski definition) is 4. The van der Waals surface area contributed by atoms with Crippen molar-refractivity contribution in [2.75, 3.05) is 31.3 Å². The maximum Gasteiger partial charge on any atom is 0.279 e. The number of hydrogen-bond acceptors (Lipinski definition) is 13. The highest BCUT2D eigenvalue weighted by Gasteiger charge is 2.95. The molecule has 0 saturated carbocycles. The van der Waals surface area contributed by atoms with Crippen LogP contribution in [-0.4, -0.2) is 120 Å². The molecule has 7 saturated heterocycles. The van der Waals surface area contributed by atoms with Gasteiger partial charge >= 0.3 is 0 Å². The first-order chi connectivity index (χ1) is 23.5. The highest BCUT2D eigenvalue weighted by Crippen LogP contribution is 2.79. The second-order valence-corrected chi connectivity index (χ2v) is 20.3. The van der Waals surface area contributed by atoms with E-state index in [4.69, 9.17) is 4.74 Å². The van der Waals surface area contributed by atoms with Crippen LogP contribution in [0.1, 0.15) is 25.0 Å². The monoisotopic (exact) mass is 740 g/mol. The minimum atomic E-state index is -2.28. The van der Waals surface area contributed by atoms with E-state index in [2.05, 4.69) is 10.6 Å². The third-order valence-corrected chi connectivity index (χ3v) is 20.1. The molecule has 0 radical (unpaired) electrons. The fourth-order valence-corrected chi connectivity index (χ4v) is 18.8. The summed E-state index contributed by atoms with van der Waals surface area (Å²) in [6, 6.07) is 13.8. The first-order valence-corrected chi connectivity index (χ1v) is 20.9. The molecule has 256 valence electrons. The summed E-state index contributed by atoms with van der Waals surface area (Å²) in [5.41, 5.74) is -2.51. The summed E-state index contributed by atoms with van der Waals surface area (Å²) < 4.78 is 7.21. The molecule has 11 rings (SSSR count). The van der Waals surface area contributed by atoms with Gasteiger partial charge < -0.3 is 35.4 Å². The van der Waals surface area contributed by atoms with Gasteiger partial charge in [-0.15, -0.1) is 0 Å². The first kappa shape index (κ1) is 31.0. The average molecular weight is 741 g/mol. The first-order valence-electron chi connectivity index (χ1n) is 16.1. The zero-order chi connectivity index (χ0) is 34.2. The number of fused-ring (bicyclic) bond motifs is 7. The van der Waals surface area contributed by atoms with E-state index in [9.17, 15) is 19.8 Å². The zero-order valence-corrected chi connectivity index (χ0v) is 29.9. The summed E-state index contributed by atoms with van der Waals surface area (Å²) in [6.07, 6.45) is -4.89. The molecule has 4 bridgehead atoms. The highest BCUT2D eigenvalue weighted by atomic mass is 33.7. The van der Waals surface area contributed by atoms with Crippen molar-refractivity contribution < 1.29 is 34.1 Å². The molecule has 2 aromatic carbocycles. The smallest absolute Gasteiger partial charge is 0.279 e. The minimum absolute atomic E-state index is 0.270. The molecule has 10 atom stereocenters. The molecule has 9 heterocycles. The fourth-order valence-electron chi connectivity index (χ4n) is 10.7. The molecule has 0 aliphatic carbocycles. The molecule has 0 aromatic heterocycles. The van der Waals surface area contributed by atoms with Gasteiger partial charge in [0.1, 0.15) is 30.6 Å². The summed E-state index contributed by atoms with van der Waals surface area (Å²) in [4.78, 5) is 63.0. The molecule has 13 nitrogen and oxygen atoms in total. The Morgan fingerprint density at radius 1 is 0.837 bits per heavy atom. The molecule has 9 aliphatic rings. The van der Waals surface area contributed by atoms with E-state index in [1.165, 1.54) is 53.2 Å². The van der Waals surface area contributed by atoms with Crippen LogP contribution >= 0.6 is 41.2 Å². The number of anilines is 2. The number of benzene rings is 2. The van der Waals surface area contributed by atoms with Gasteiger partial charge in [-0.05, 0) is 70.4 Å². The standard InChI is InChI=1S/C32H32N6O7S4/c1-14(2)31-27(44)38-24-29(16-10-6-8-12-18(16)34-24)22(32(38,26(43)36(31)4)47-49-48-46-31)45-30-21(41)28(29)15-9-5-7-11-17(15)33-23(28)37(30)20(40)19(13-39)35(3)25(30)42/h5-12,14,19,21-24,33-34,39,41H,13H2,1-4H3/t19-,21+,22+,23?,24-,28?,29-,30?,31?,32+/m1/s1. The summed E-state index contributed by atoms with van der Waals surface area (Å²) in [5, 5.41) is 30.8. The van der Waals surface area contributed by atoms with Gasteiger partial charge in [-0.3, -0.25) is 29.0 Å². The third-order valence-electron chi connectivity index (χ3n) is 12.5. The number of nitrogens with zero attached hydrogens (tertiary/aromatic N) is 4. The highest BCUT2D eigenvalue weighted by molar-refractivity contribution is 9.26. The van der Waals surface area contributed by atoms with Gasteiger partial charge in [-0.2, -0.15) is 0 Å². The van der Waals surface area contributed by atoms with Crippen molar-refractivity contribution in [1.29, 1.82) is 0 Å². The molecule has 7 fully saturated rings. The van der Waals surface area contributed by atoms with Crippen LogP contribution in [0.2, 0.25) is 0 Å². The molecule has 4 amide bonds. The SMILES string of the molecule is CC(C)C12SSSS[C@]3(C(=O)N1C)[C@H]1OC45C(=O)N(C)[C@H](CO)C(=O)N4C4Nc6ccccc6C4([C@@H]5O)[C@]14c1ccccc1N[C@@H]4N3C2=O. The topological polar surface area (TPSA) is 155 Å². The van der Waals surface area contributed by atoms with Gasteiger partial charge in [0.2, 0.25) is 4.87 Å². The molecule has 4 unspecified atom stereocenters. The Labute approximate surface area is 296 Å². The molecule has 4 spiro atoms. The summed E-state index contributed by atoms with van der Waals surface area (Å²) in [6.45, 7) is 3.23. The number of amides is 4. The maximum atomic E-state index is 15.5. The van der Waals surface area contributed by atoms with Crippen molar-refractivity contribution in [3.63, 3.8) is 0 Å². The number of piperazine rings is 2. The van der Waals surface area contributed by atoms with Gasteiger partial charge in [0.25, 0.3) is 29.4 Å². The van der Waals surface area contributed by atoms with Crippen molar-refractivity contribution in [3.8, 4) is 0 Å². The minimum Gasteiger partial charge on any atom is -0.394 e. The van der Waals surface area contributed by atoms with Crippen LogP contribution in [0.25, 0.3) is 0 Å². The lowest BCUT2D eigenvalue weighted by atomic mass is 9.50. The summed E-state index contributed by atoms with van der Waals surface area (Å²) in [7, 11) is 8.45. The van der Waals surface area contributed by atoms with Crippen LogP contribution in [0.4, 0.5) is 11.4 Å². The number of likely N-dealkylation sites (N-methyl/N-ethyl adjacent to an activating group) is 2. The number of aliphatic hydroxyl groups is 2. The number of carbonyl (C=O) groups is 4. The van der Waals surface area contributed by atoms with Gasteiger partial charge in [-0.25, -0.2) is 0 Å². The third kappa shape index (κ3) is 2.78. The van der Waals surface area contributed by atoms with Crippen LogP contribution in [0.15, 0.2) is 48.5 Å². The lowest BCUT2D eigenvalue weighted by molar-refractivity contribution is -0.263. The summed E-state index contributed by atoms with van der Waals surface area (Å²) in [5.74, 6) is -2.21. The Bertz CT molecular complexity index is 1940. The maximum absolute atomic E-state index is 15.5. The van der Waals surface area contributed by atoms with E-state index in [0.29, 0.717) is 22.5 Å². The van der Waals surface area contributed by atoms with E-state index >= 15 is 9.59 Å². The number of ether oxygens (including phenoxy) is 1. The largest absolute Gasteiger partial charge is 0.394 e. The number of carbonyl (C=O) groups excluding carboxylic acids is 4. The Kier molecular flexibility index (Phi) is 5.91. The van der Waals surface area contributed by atoms with Gasteiger partial charge in [0, 0.05) is 25.5 Å². The van der Waals surface area contributed by atoms with Crippen LogP contribution in [0.3, 0.4) is 0 Å². The average Bonchev–Trinajstić information content (AvgIpc) is 3.71. The van der Waals surface area contributed by atoms with Gasteiger partial charge in [-0.1, -0.05) is 50.2 Å². The van der Waals surface area contributed by atoms with Crippen LogP contribution in [0.5, 0.6) is 0 Å². The Morgan fingerprint density at radius 3 is 2.06 bits per heavy atom. The van der Waals surface area contributed by atoms with E-state index < -0.39 is 75.3 Å². The van der Waals surface area contributed by atoms with Crippen LogP contribution < -0.4 is 10.6 Å². The van der Waals surface area contributed by atoms with Crippen molar-refractivity contribution in [2.45, 2.75) is 70.7 Å². The predicted molar refractivity (Wildman–Crippen MR) is 185 cm³/mol. The molecule has 49 heavy (non-hydrogen) atoms. The molecule has 17 heteroatoms. The molecule has 4 N–H and O–H groups in total. The molecular weight excluding hydrogens is 709 g/mol. The number of nitrogens with one attached hydrogen (secondary N) is 2. The zero-order valence-electron chi connectivity index (χ0n) is 26.6. The van der Waals surface area contributed by atoms with E-state index in [1.54, 1.807) is 16.8 Å². The van der Waals surface area contributed by atoms with Gasteiger partial charge in [0.15, 0.2) is 4.87 Å². The van der Waals surface area contributed by atoms with Crippen molar-refractivity contribution >= 4 is 76.2 Å². The van der Waals surface area contributed by atoms with E-state index in [-0.39, 0.29) is 17.7 Å². The lowest BCUT2D eigenvalue weighted by Crippen LogP contribution is -2.81. The van der Waals surface area contributed by atoms with Crippen molar-refractivity contribution in [3.05, 3.63) is 59.7 Å². The van der Waals surface area contributed by atoms with Crippen molar-refractivity contribution in [2.24, 2.45) is 5.92 Å². The van der Waals surface area contributed by atoms with E-state index in [0.717, 1.165) is 4.90 Å². The lowest BCUT2D eigenvalue weighted by Gasteiger charge is -2.59. The van der Waals surface area contributed by atoms with Crippen LogP contribution in [-0.2, 0) is 34.7 Å². The van der Waals surface area contributed by atoms with Gasteiger partial charge in [0.05, 0.1) is 17.4 Å². The van der Waals surface area contributed by atoms with E-state index in [1.807, 2.05) is 62.4 Å². The van der Waals surface area contributed by atoms with Crippen molar-refractivity contribution in [1.82, 2.24) is 19.6 Å². The number of para-hydroxylation sites is 2. The second kappa shape index (κ2) is 9.35. The summed E-state index contributed by atoms with van der Waals surface area (Å²) >= 11 is 0. The molecule has 9 aliphatic heterocycles. The Morgan fingerprint density at radius 2 is 1.43 bits per heavy atom. The Hall–Kier alpha value is -2.80. The number of rotatable bonds is 2. The number of aliphatic hydroxyl groups excluding tert-OH is 2. The molecule has 2 aromatic rings. The Balaban J connectivity index is 1.37. The predicted octanol–water partition coefficient (Wildman–Crippen LogP) is 1.55.